The van der Waals surface area contributed by atoms with E-state index in [1.54, 1.807) is 0 Å². The quantitative estimate of drug-likeness (QED) is 0.498. The number of rotatable bonds is 9. The lowest BCUT2D eigenvalue weighted by Crippen LogP contribution is -2.15. The van der Waals surface area contributed by atoms with Crippen LogP contribution in [0.4, 0.5) is 5.69 Å². The Balaban J connectivity index is 2.33. The van der Waals surface area contributed by atoms with E-state index in [1.807, 2.05) is 43.3 Å². The Kier molecular flexibility index (Phi) is 7.78. The molecule has 112 valence electrons. The summed E-state index contributed by atoms with van der Waals surface area (Å²) >= 11 is 0. The first-order valence-electron chi connectivity index (χ1n) is 7.60. The second kappa shape index (κ2) is 9.40. The van der Waals surface area contributed by atoms with E-state index in [0.717, 1.165) is 18.5 Å². The summed E-state index contributed by atoms with van der Waals surface area (Å²) in [7, 11) is 3.86. The lowest BCUT2D eigenvalue weighted by molar-refractivity contribution is 0.0498. The van der Waals surface area contributed by atoms with Crippen LogP contribution >= 0.6 is 0 Å². The summed E-state index contributed by atoms with van der Waals surface area (Å²) in [5.41, 5.74) is 1.55. The fourth-order valence-electron chi connectivity index (χ4n) is 2.16. The molecule has 0 atom stereocenters. The number of hydrogen-bond acceptors (Lipinski definition) is 3. The monoisotopic (exact) mass is 277 g/mol. The minimum Gasteiger partial charge on any atom is -0.462 e. The average Bonchev–Trinajstić information content (AvgIpc) is 2.46. The van der Waals surface area contributed by atoms with Crippen LogP contribution in [-0.4, -0.2) is 26.7 Å². The minimum atomic E-state index is -0.220. The van der Waals surface area contributed by atoms with Crippen molar-refractivity contribution in [2.45, 2.75) is 45.4 Å². The summed E-state index contributed by atoms with van der Waals surface area (Å²) in [5.74, 6) is -0.220. The topological polar surface area (TPSA) is 29.5 Å². The van der Waals surface area contributed by atoms with Gasteiger partial charge in [0.05, 0.1) is 17.9 Å². The van der Waals surface area contributed by atoms with Gasteiger partial charge in [-0.1, -0.05) is 51.2 Å². The minimum absolute atomic E-state index is 0.220. The molecule has 0 amide bonds. The molecule has 1 rings (SSSR count). The maximum absolute atomic E-state index is 12.1. The Bertz CT molecular complexity index is 402. The molecular formula is C17H27NO2. The van der Waals surface area contributed by atoms with Crippen molar-refractivity contribution >= 4 is 11.7 Å². The molecule has 0 saturated heterocycles. The van der Waals surface area contributed by atoms with E-state index in [0.29, 0.717) is 12.2 Å². The molecule has 0 saturated carbocycles. The van der Waals surface area contributed by atoms with Crippen LogP contribution in [-0.2, 0) is 4.74 Å². The molecule has 0 radical (unpaired) electrons. The third-order valence-corrected chi connectivity index (χ3v) is 3.34. The Morgan fingerprint density at radius 1 is 1.05 bits per heavy atom. The van der Waals surface area contributed by atoms with E-state index >= 15 is 0 Å². The Hall–Kier alpha value is -1.51. The first-order chi connectivity index (χ1) is 9.66. The molecule has 3 heteroatoms. The van der Waals surface area contributed by atoms with Crippen molar-refractivity contribution in [2.75, 3.05) is 25.6 Å². The van der Waals surface area contributed by atoms with Gasteiger partial charge >= 0.3 is 5.97 Å². The summed E-state index contributed by atoms with van der Waals surface area (Å²) in [6.07, 6.45) is 7.18. The standard InChI is InChI=1S/C17H27NO2/c1-4-5-6-7-8-11-14-20-17(19)15-12-9-10-13-16(15)18(2)3/h9-10,12-13H,4-8,11,14H2,1-3H3. The first kappa shape index (κ1) is 16.5. The van der Waals surface area contributed by atoms with Crippen LogP contribution in [0.15, 0.2) is 24.3 Å². The SMILES string of the molecule is CCCCCCCCOC(=O)c1ccccc1N(C)C. The highest BCUT2D eigenvalue weighted by molar-refractivity contribution is 5.95. The van der Waals surface area contributed by atoms with Crippen LogP contribution in [0.1, 0.15) is 55.8 Å². The van der Waals surface area contributed by atoms with Crippen molar-refractivity contribution < 1.29 is 9.53 Å². The number of benzene rings is 1. The van der Waals surface area contributed by atoms with Crippen molar-refractivity contribution in [1.82, 2.24) is 0 Å². The largest absolute Gasteiger partial charge is 0.462 e. The molecule has 0 N–H and O–H groups in total. The molecule has 1 aromatic carbocycles. The summed E-state index contributed by atoms with van der Waals surface area (Å²) < 4.78 is 5.36. The summed E-state index contributed by atoms with van der Waals surface area (Å²) in [6.45, 7) is 2.73. The maximum atomic E-state index is 12.1. The highest BCUT2D eigenvalue weighted by Crippen LogP contribution is 2.19. The van der Waals surface area contributed by atoms with Crippen LogP contribution in [0.5, 0.6) is 0 Å². The van der Waals surface area contributed by atoms with Crippen molar-refractivity contribution in [3.8, 4) is 0 Å². The van der Waals surface area contributed by atoms with Gasteiger partial charge in [-0.25, -0.2) is 4.79 Å². The van der Waals surface area contributed by atoms with Gasteiger partial charge in [0.15, 0.2) is 0 Å². The number of carbonyl (C=O) groups excluding carboxylic acids is 1. The number of ether oxygens (including phenoxy) is 1. The summed E-state index contributed by atoms with van der Waals surface area (Å²) in [4.78, 5) is 14.0. The van der Waals surface area contributed by atoms with Crippen LogP contribution < -0.4 is 4.90 Å². The van der Waals surface area contributed by atoms with Gasteiger partial charge in [0.25, 0.3) is 0 Å². The van der Waals surface area contributed by atoms with Gasteiger partial charge in [-0.05, 0) is 18.6 Å². The molecule has 0 spiro atoms. The highest BCUT2D eigenvalue weighted by Gasteiger charge is 2.13. The molecular weight excluding hydrogens is 250 g/mol. The molecule has 1 aromatic rings. The fourth-order valence-corrected chi connectivity index (χ4v) is 2.16. The molecule has 0 aromatic heterocycles. The highest BCUT2D eigenvalue weighted by atomic mass is 16.5. The number of nitrogens with zero attached hydrogens (tertiary/aromatic N) is 1. The third kappa shape index (κ3) is 5.64. The zero-order valence-corrected chi connectivity index (χ0v) is 13.0. The normalized spacial score (nSPS) is 10.3. The summed E-state index contributed by atoms with van der Waals surface area (Å²) in [5, 5.41) is 0. The van der Waals surface area contributed by atoms with Crippen LogP contribution in [0.3, 0.4) is 0 Å². The Morgan fingerprint density at radius 2 is 1.70 bits per heavy atom. The van der Waals surface area contributed by atoms with E-state index in [1.165, 1.54) is 25.7 Å². The maximum Gasteiger partial charge on any atom is 0.340 e. The summed E-state index contributed by atoms with van der Waals surface area (Å²) in [6, 6.07) is 7.55. The van der Waals surface area contributed by atoms with Crippen molar-refractivity contribution in [3.05, 3.63) is 29.8 Å². The van der Waals surface area contributed by atoms with Crippen LogP contribution in [0.25, 0.3) is 0 Å². The second-order valence-corrected chi connectivity index (χ2v) is 5.32. The number of para-hydroxylation sites is 1. The van der Waals surface area contributed by atoms with Gasteiger partial charge in [0, 0.05) is 14.1 Å². The van der Waals surface area contributed by atoms with E-state index in [2.05, 4.69) is 6.92 Å². The Morgan fingerprint density at radius 3 is 2.40 bits per heavy atom. The van der Waals surface area contributed by atoms with E-state index in [-0.39, 0.29) is 5.97 Å². The molecule has 0 aliphatic rings. The molecule has 0 bridgehead atoms. The zero-order valence-electron chi connectivity index (χ0n) is 13.0. The van der Waals surface area contributed by atoms with Gasteiger partial charge in [-0.3, -0.25) is 0 Å². The van der Waals surface area contributed by atoms with E-state index < -0.39 is 0 Å². The first-order valence-corrected chi connectivity index (χ1v) is 7.60. The van der Waals surface area contributed by atoms with Gasteiger partial charge in [0.1, 0.15) is 0 Å². The number of carbonyl (C=O) groups is 1. The van der Waals surface area contributed by atoms with E-state index in [9.17, 15) is 4.79 Å². The van der Waals surface area contributed by atoms with Crippen LogP contribution in [0.2, 0.25) is 0 Å². The third-order valence-electron chi connectivity index (χ3n) is 3.34. The average molecular weight is 277 g/mol. The molecule has 0 heterocycles. The molecule has 0 aliphatic carbocycles. The lowest BCUT2D eigenvalue weighted by atomic mass is 10.1. The number of esters is 1. The number of unbranched alkanes of at least 4 members (excludes halogenated alkanes) is 5. The van der Waals surface area contributed by atoms with Gasteiger partial charge < -0.3 is 9.64 Å². The number of anilines is 1. The molecule has 0 aliphatic heterocycles. The Labute approximate surface area is 122 Å². The van der Waals surface area contributed by atoms with Crippen LogP contribution in [0, 0.1) is 0 Å². The fraction of sp³-hybridized carbons (Fsp3) is 0.588. The van der Waals surface area contributed by atoms with Crippen molar-refractivity contribution in [1.29, 1.82) is 0 Å². The number of hydrogen-bond donors (Lipinski definition) is 0. The predicted octanol–water partition coefficient (Wildman–Crippen LogP) is 4.27. The molecule has 0 fully saturated rings. The second-order valence-electron chi connectivity index (χ2n) is 5.32. The van der Waals surface area contributed by atoms with Gasteiger partial charge in [-0.15, -0.1) is 0 Å². The lowest BCUT2D eigenvalue weighted by Gasteiger charge is -2.16. The smallest absolute Gasteiger partial charge is 0.340 e. The van der Waals surface area contributed by atoms with Gasteiger partial charge in [-0.2, -0.15) is 0 Å². The van der Waals surface area contributed by atoms with E-state index in [4.69, 9.17) is 4.74 Å². The molecule has 0 unspecified atom stereocenters. The van der Waals surface area contributed by atoms with Gasteiger partial charge in [0.2, 0.25) is 0 Å². The predicted molar refractivity (Wildman–Crippen MR) is 84.4 cm³/mol. The zero-order chi connectivity index (χ0) is 14.8. The van der Waals surface area contributed by atoms with Crippen molar-refractivity contribution in [2.24, 2.45) is 0 Å². The molecule has 3 nitrogen and oxygen atoms in total. The molecule has 20 heavy (non-hydrogen) atoms. The van der Waals surface area contributed by atoms with Crippen molar-refractivity contribution in [3.63, 3.8) is 0 Å².